The normalized spacial score (nSPS) is 11.8. The van der Waals surface area contributed by atoms with Crippen LogP contribution in [0.5, 0.6) is 0 Å². The maximum absolute atomic E-state index is 12.8. The summed E-state index contributed by atoms with van der Waals surface area (Å²) < 4.78 is 28.9. The van der Waals surface area contributed by atoms with Gasteiger partial charge in [-0.25, -0.2) is 8.42 Å². The first-order chi connectivity index (χ1) is 13.3. The van der Waals surface area contributed by atoms with Gasteiger partial charge in [0, 0.05) is 29.9 Å². The molecule has 6 heteroatoms. The number of fused-ring (bicyclic) bond motifs is 3. The first kappa shape index (κ1) is 18.3. The van der Waals surface area contributed by atoms with E-state index in [0.29, 0.717) is 5.69 Å². The van der Waals surface area contributed by atoms with Gasteiger partial charge >= 0.3 is 0 Å². The van der Waals surface area contributed by atoms with Crippen molar-refractivity contribution in [1.29, 1.82) is 0 Å². The quantitative estimate of drug-likeness (QED) is 0.521. The number of furan rings is 1. The van der Waals surface area contributed by atoms with Gasteiger partial charge in [0.15, 0.2) is 9.84 Å². The number of nitrogens with zero attached hydrogens (tertiary/aromatic N) is 1. The maximum Gasteiger partial charge on any atom is 0.231 e. The lowest BCUT2D eigenvalue weighted by molar-refractivity contribution is -0.117. The number of sulfone groups is 1. The van der Waals surface area contributed by atoms with Crippen molar-refractivity contribution >= 4 is 43.2 Å². The topological polar surface area (TPSA) is 67.6 Å². The van der Waals surface area contributed by atoms with Gasteiger partial charge in [-0.1, -0.05) is 30.3 Å². The molecule has 4 aromatic rings. The van der Waals surface area contributed by atoms with Crippen molar-refractivity contribution in [1.82, 2.24) is 0 Å². The van der Waals surface area contributed by atoms with Crippen molar-refractivity contribution < 1.29 is 17.6 Å². The summed E-state index contributed by atoms with van der Waals surface area (Å²) in [6.45, 7) is 0. The number of likely N-dealkylation sites (N-methyl/N-ethyl adjacent to an activating group) is 1. The highest BCUT2D eigenvalue weighted by molar-refractivity contribution is 7.90. The number of anilines is 1. The minimum atomic E-state index is -3.27. The van der Waals surface area contributed by atoms with Gasteiger partial charge in [0.1, 0.15) is 5.58 Å². The summed E-state index contributed by atoms with van der Waals surface area (Å²) >= 11 is 0. The average Bonchev–Trinajstić information content (AvgIpc) is 3.10. The molecule has 0 radical (unpaired) electrons. The zero-order valence-electron chi connectivity index (χ0n) is 15.5. The fourth-order valence-electron chi connectivity index (χ4n) is 3.35. The van der Waals surface area contributed by atoms with Gasteiger partial charge in [-0.15, -0.1) is 0 Å². The fourth-order valence-corrected chi connectivity index (χ4v) is 3.98. The van der Waals surface area contributed by atoms with Crippen molar-refractivity contribution in [2.45, 2.75) is 11.3 Å². The van der Waals surface area contributed by atoms with Crippen molar-refractivity contribution in [3.05, 3.63) is 72.5 Å². The van der Waals surface area contributed by atoms with Gasteiger partial charge in [-0.3, -0.25) is 4.79 Å². The van der Waals surface area contributed by atoms with E-state index in [1.807, 2.05) is 36.4 Å². The molecule has 0 atom stereocenters. The molecule has 0 unspecified atom stereocenters. The number of carbonyl (C=O) groups is 1. The van der Waals surface area contributed by atoms with Crippen LogP contribution in [0.2, 0.25) is 0 Å². The van der Waals surface area contributed by atoms with Crippen LogP contribution in [0.3, 0.4) is 0 Å². The van der Waals surface area contributed by atoms with E-state index in [9.17, 15) is 13.2 Å². The third-order valence-corrected chi connectivity index (χ3v) is 6.04. The van der Waals surface area contributed by atoms with E-state index in [-0.39, 0.29) is 17.2 Å². The van der Waals surface area contributed by atoms with Crippen molar-refractivity contribution in [2.75, 3.05) is 18.2 Å². The molecule has 1 aromatic heterocycles. The molecule has 1 heterocycles. The van der Waals surface area contributed by atoms with Gasteiger partial charge < -0.3 is 9.32 Å². The summed E-state index contributed by atoms with van der Waals surface area (Å²) in [6.07, 6.45) is 2.98. The van der Waals surface area contributed by atoms with Gasteiger partial charge in [0.05, 0.1) is 17.6 Å². The number of rotatable bonds is 4. The first-order valence-corrected chi connectivity index (χ1v) is 10.7. The summed E-state index contributed by atoms with van der Waals surface area (Å²) in [5.41, 5.74) is 2.22. The lowest BCUT2D eigenvalue weighted by atomic mass is 10.0. The molecule has 0 saturated heterocycles. The number of amides is 1. The predicted molar refractivity (Wildman–Crippen MR) is 110 cm³/mol. The molecule has 0 aliphatic heterocycles. The Morgan fingerprint density at radius 3 is 2.43 bits per heavy atom. The minimum Gasteiger partial charge on any atom is -0.464 e. The second kappa shape index (κ2) is 6.80. The van der Waals surface area contributed by atoms with E-state index in [1.165, 1.54) is 17.0 Å². The highest BCUT2D eigenvalue weighted by Crippen LogP contribution is 2.30. The van der Waals surface area contributed by atoms with E-state index >= 15 is 0 Å². The Morgan fingerprint density at radius 2 is 1.71 bits per heavy atom. The molecule has 0 aliphatic rings. The number of hydrogen-bond acceptors (Lipinski definition) is 4. The van der Waals surface area contributed by atoms with Crippen LogP contribution in [0.25, 0.3) is 21.7 Å². The van der Waals surface area contributed by atoms with E-state index in [0.717, 1.165) is 33.6 Å². The molecular weight excluding hydrogens is 374 g/mol. The van der Waals surface area contributed by atoms with Crippen LogP contribution >= 0.6 is 0 Å². The largest absolute Gasteiger partial charge is 0.464 e. The molecular formula is C22H19NO4S. The monoisotopic (exact) mass is 393 g/mol. The van der Waals surface area contributed by atoms with E-state index in [2.05, 4.69) is 0 Å². The molecule has 142 valence electrons. The van der Waals surface area contributed by atoms with Crippen LogP contribution in [0.4, 0.5) is 5.69 Å². The number of carbonyl (C=O) groups excluding carboxylic acids is 1. The minimum absolute atomic E-state index is 0.109. The molecule has 5 nitrogen and oxygen atoms in total. The Morgan fingerprint density at radius 1 is 1.00 bits per heavy atom. The molecule has 0 saturated carbocycles. The van der Waals surface area contributed by atoms with E-state index < -0.39 is 9.84 Å². The van der Waals surface area contributed by atoms with Crippen molar-refractivity contribution in [2.24, 2.45) is 0 Å². The molecule has 3 aromatic carbocycles. The molecule has 0 N–H and O–H groups in total. The number of benzene rings is 3. The molecule has 0 fully saturated rings. The van der Waals surface area contributed by atoms with Gasteiger partial charge in [0.2, 0.25) is 5.91 Å². The lowest BCUT2D eigenvalue weighted by Crippen LogP contribution is -2.27. The van der Waals surface area contributed by atoms with E-state index in [4.69, 9.17) is 4.42 Å². The smallest absolute Gasteiger partial charge is 0.231 e. The average molecular weight is 393 g/mol. The standard InChI is InChI=1S/C22H19NO4S/c1-23(17-8-10-18(11-9-17)28(2,25)26)21(24)13-16-14-27-20-12-7-15-5-3-4-6-19(15)22(16)20/h3-12,14H,13H2,1-2H3. The van der Waals surface area contributed by atoms with Crippen LogP contribution in [0.15, 0.2) is 76.2 Å². The molecule has 0 spiro atoms. The maximum atomic E-state index is 12.8. The van der Waals surface area contributed by atoms with Crippen molar-refractivity contribution in [3.8, 4) is 0 Å². The Hall–Kier alpha value is -3.12. The van der Waals surface area contributed by atoms with Gasteiger partial charge in [0.25, 0.3) is 0 Å². The molecule has 0 bridgehead atoms. The van der Waals surface area contributed by atoms with Gasteiger partial charge in [-0.05, 0) is 41.1 Å². The van der Waals surface area contributed by atoms with Gasteiger partial charge in [-0.2, -0.15) is 0 Å². The summed E-state index contributed by atoms with van der Waals surface area (Å²) in [6, 6.07) is 18.2. The molecule has 28 heavy (non-hydrogen) atoms. The second-order valence-corrected chi connectivity index (χ2v) is 8.83. The molecule has 1 amide bonds. The first-order valence-electron chi connectivity index (χ1n) is 8.79. The molecule has 4 rings (SSSR count). The Kier molecular flexibility index (Phi) is 4.43. The third kappa shape index (κ3) is 3.27. The lowest BCUT2D eigenvalue weighted by Gasteiger charge is -2.17. The van der Waals surface area contributed by atoms with Crippen molar-refractivity contribution in [3.63, 3.8) is 0 Å². The Bertz CT molecular complexity index is 1290. The summed E-state index contributed by atoms with van der Waals surface area (Å²) in [4.78, 5) is 14.6. The highest BCUT2D eigenvalue weighted by atomic mass is 32.2. The Labute approximate surface area is 163 Å². The third-order valence-electron chi connectivity index (χ3n) is 4.91. The zero-order valence-corrected chi connectivity index (χ0v) is 16.4. The fraction of sp³-hybridized carbons (Fsp3) is 0.136. The van der Waals surface area contributed by atoms with Crippen LogP contribution in [-0.2, 0) is 21.1 Å². The van der Waals surface area contributed by atoms with Crippen LogP contribution in [0, 0.1) is 0 Å². The predicted octanol–water partition coefficient (Wildman–Crippen LogP) is 4.20. The molecule has 0 aliphatic carbocycles. The highest BCUT2D eigenvalue weighted by Gasteiger charge is 2.17. The van der Waals surface area contributed by atoms with Crippen LogP contribution in [-0.4, -0.2) is 27.6 Å². The van der Waals surface area contributed by atoms with E-state index in [1.54, 1.807) is 25.4 Å². The second-order valence-electron chi connectivity index (χ2n) is 6.82. The van der Waals surface area contributed by atoms with Crippen LogP contribution < -0.4 is 4.90 Å². The van der Waals surface area contributed by atoms with Crippen LogP contribution in [0.1, 0.15) is 5.56 Å². The summed E-state index contributed by atoms with van der Waals surface area (Å²) in [5, 5.41) is 3.10. The number of hydrogen-bond donors (Lipinski definition) is 0. The summed E-state index contributed by atoms with van der Waals surface area (Å²) in [5.74, 6) is -0.109. The Balaban J connectivity index is 1.64. The SMILES string of the molecule is CN(C(=O)Cc1coc2ccc3ccccc3c12)c1ccc(S(C)(=O)=O)cc1. The summed E-state index contributed by atoms with van der Waals surface area (Å²) in [7, 11) is -1.59. The zero-order chi connectivity index (χ0) is 19.9.